The third-order valence-corrected chi connectivity index (χ3v) is 4.27. The van der Waals surface area contributed by atoms with Crippen molar-refractivity contribution < 1.29 is 22.4 Å². The van der Waals surface area contributed by atoms with Crippen molar-refractivity contribution in [2.75, 3.05) is 14.1 Å². The topological polar surface area (TPSA) is 96.2 Å². The molecular weight excluding hydrogens is 418 g/mol. The van der Waals surface area contributed by atoms with Crippen LogP contribution in [0.15, 0.2) is 69.9 Å². The van der Waals surface area contributed by atoms with Crippen molar-refractivity contribution in [1.29, 1.82) is 5.26 Å². The molecule has 0 saturated heterocycles. The number of nitrogens with zero attached hydrogens (tertiary/aromatic N) is 4. The molecule has 2 aromatic carbocycles. The fourth-order valence-electron chi connectivity index (χ4n) is 2.65. The first-order chi connectivity index (χ1) is 15.4. The van der Waals surface area contributed by atoms with Gasteiger partial charge >= 0.3 is 0 Å². The SMILES string of the molecule is CN(C)C(C#N)c1coc(-c2ccc(F)cc2)n1.O=Cc1coc(-c2ccc(F)cc2)n1. The van der Waals surface area contributed by atoms with Gasteiger partial charge in [0, 0.05) is 11.1 Å². The maximum Gasteiger partial charge on any atom is 0.226 e. The van der Waals surface area contributed by atoms with Crippen LogP contribution in [0.3, 0.4) is 0 Å². The highest BCUT2D eigenvalue weighted by Crippen LogP contribution is 2.23. The lowest BCUT2D eigenvalue weighted by Crippen LogP contribution is -2.18. The first kappa shape index (κ1) is 22.5. The molecule has 0 bridgehead atoms. The number of benzene rings is 2. The number of carbonyl (C=O) groups is 1. The molecule has 0 amide bonds. The van der Waals surface area contributed by atoms with Gasteiger partial charge < -0.3 is 8.83 Å². The number of rotatable bonds is 5. The smallest absolute Gasteiger partial charge is 0.226 e. The summed E-state index contributed by atoms with van der Waals surface area (Å²) >= 11 is 0. The summed E-state index contributed by atoms with van der Waals surface area (Å²) in [5.41, 5.74) is 2.09. The number of aldehydes is 1. The van der Waals surface area contributed by atoms with E-state index in [0.717, 1.165) is 0 Å². The Morgan fingerprint density at radius 3 is 1.84 bits per heavy atom. The van der Waals surface area contributed by atoms with Crippen LogP contribution < -0.4 is 0 Å². The van der Waals surface area contributed by atoms with Crippen molar-refractivity contribution in [3.05, 3.63) is 84.1 Å². The molecule has 0 spiro atoms. The van der Waals surface area contributed by atoms with Gasteiger partial charge in [0.1, 0.15) is 41.6 Å². The minimum atomic E-state index is -0.456. The summed E-state index contributed by atoms with van der Waals surface area (Å²) in [5, 5.41) is 9.04. The van der Waals surface area contributed by atoms with Gasteiger partial charge in [-0.25, -0.2) is 18.7 Å². The second kappa shape index (κ2) is 10.2. The summed E-state index contributed by atoms with van der Waals surface area (Å²) in [4.78, 5) is 20.2. The molecule has 2 aromatic heterocycles. The zero-order chi connectivity index (χ0) is 23.1. The number of hydrogen-bond donors (Lipinski definition) is 0. The van der Waals surface area contributed by atoms with Gasteiger partial charge in [-0.2, -0.15) is 5.26 Å². The predicted molar refractivity (Wildman–Crippen MR) is 111 cm³/mol. The predicted octanol–water partition coefficient (Wildman–Crippen LogP) is 4.90. The molecule has 4 rings (SSSR count). The zero-order valence-electron chi connectivity index (χ0n) is 17.2. The fraction of sp³-hybridized carbons (Fsp3) is 0.130. The molecule has 1 atom stereocenters. The van der Waals surface area contributed by atoms with Gasteiger partial charge in [-0.1, -0.05) is 0 Å². The van der Waals surface area contributed by atoms with E-state index in [1.807, 2.05) is 0 Å². The third-order valence-electron chi connectivity index (χ3n) is 4.27. The van der Waals surface area contributed by atoms with Gasteiger partial charge in [0.05, 0.1) is 6.07 Å². The van der Waals surface area contributed by atoms with Gasteiger partial charge in [-0.15, -0.1) is 0 Å². The standard InChI is InChI=1S/C13H12FN3O.C10H6FNO2/c1-17(2)12(7-15)11-8-18-13(16-11)9-3-5-10(14)6-4-9;11-8-3-1-7(2-4-8)10-12-9(5-13)6-14-10/h3-6,8,12H,1-2H3;1-6H. The lowest BCUT2D eigenvalue weighted by Gasteiger charge is -2.13. The highest BCUT2D eigenvalue weighted by molar-refractivity contribution is 5.72. The Balaban J connectivity index is 0.000000186. The number of hydrogen-bond acceptors (Lipinski definition) is 7. The molecule has 0 saturated carbocycles. The fourth-order valence-corrected chi connectivity index (χ4v) is 2.65. The van der Waals surface area contributed by atoms with Crippen LogP contribution >= 0.6 is 0 Å². The van der Waals surface area contributed by atoms with Crippen LogP contribution in [-0.2, 0) is 0 Å². The monoisotopic (exact) mass is 436 g/mol. The normalized spacial score (nSPS) is 11.4. The van der Waals surface area contributed by atoms with E-state index < -0.39 is 6.04 Å². The first-order valence-corrected chi connectivity index (χ1v) is 9.35. The average Bonchev–Trinajstić information content (AvgIpc) is 3.46. The lowest BCUT2D eigenvalue weighted by atomic mass is 10.2. The highest BCUT2D eigenvalue weighted by Gasteiger charge is 2.18. The summed E-state index contributed by atoms with van der Waals surface area (Å²) < 4.78 is 35.7. The molecule has 1 unspecified atom stereocenters. The Morgan fingerprint density at radius 2 is 1.41 bits per heavy atom. The van der Waals surface area contributed by atoms with E-state index in [1.54, 1.807) is 31.1 Å². The molecule has 32 heavy (non-hydrogen) atoms. The Bertz CT molecular complexity index is 1210. The van der Waals surface area contributed by atoms with Crippen LogP contribution in [0.1, 0.15) is 22.2 Å². The highest BCUT2D eigenvalue weighted by atomic mass is 19.1. The van der Waals surface area contributed by atoms with E-state index in [1.165, 1.54) is 48.9 Å². The van der Waals surface area contributed by atoms with E-state index in [2.05, 4.69) is 16.0 Å². The molecule has 7 nitrogen and oxygen atoms in total. The van der Waals surface area contributed by atoms with Crippen molar-refractivity contribution in [2.45, 2.75) is 6.04 Å². The molecule has 0 fully saturated rings. The van der Waals surface area contributed by atoms with Gasteiger partial charge in [0.2, 0.25) is 11.8 Å². The molecule has 0 aliphatic rings. The summed E-state index contributed by atoms with van der Waals surface area (Å²) in [7, 11) is 3.58. The number of nitriles is 1. The Kier molecular flexibility index (Phi) is 7.21. The molecule has 0 aliphatic carbocycles. The van der Waals surface area contributed by atoms with Gasteiger partial charge in [0.25, 0.3) is 0 Å². The van der Waals surface area contributed by atoms with Gasteiger partial charge in [-0.3, -0.25) is 9.69 Å². The minimum Gasteiger partial charge on any atom is -0.444 e. The maximum absolute atomic E-state index is 12.8. The summed E-state index contributed by atoms with van der Waals surface area (Å²) in [6, 6.07) is 13.2. The molecule has 0 N–H and O–H groups in total. The van der Waals surface area contributed by atoms with Crippen LogP contribution in [0, 0.1) is 23.0 Å². The van der Waals surface area contributed by atoms with E-state index >= 15 is 0 Å². The van der Waals surface area contributed by atoms with Crippen molar-refractivity contribution in [1.82, 2.24) is 14.9 Å². The summed E-state index contributed by atoms with van der Waals surface area (Å²) in [5.74, 6) is 0.0591. The quantitative estimate of drug-likeness (QED) is 0.411. The number of oxazole rings is 2. The molecule has 0 radical (unpaired) electrons. The van der Waals surface area contributed by atoms with Crippen molar-refractivity contribution in [3.8, 4) is 29.0 Å². The van der Waals surface area contributed by atoms with E-state index in [4.69, 9.17) is 14.1 Å². The minimum absolute atomic E-state index is 0.226. The zero-order valence-corrected chi connectivity index (χ0v) is 17.2. The first-order valence-electron chi connectivity index (χ1n) is 9.35. The van der Waals surface area contributed by atoms with Crippen LogP contribution in [0.4, 0.5) is 8.78 Å². The Labute approximate surface area is 182 Å². The Morgan fingerprint density at radius 1 is 0.906 bits per heavy atom. The van der Waals surface area contributed by atoms with E-state index in [9.17, 15) is 13.6 Å². The van der Waals surface area contributed by atoms with Crippen molar-refractivity contribution in [3.63, 3.8) is 0 Å². The Hall–Kier alpha value is -4.16. The second-order valence-electron chi connectivity index (χ2n) is 6.78. The van der Waals surface area contributed by atoms with E-state index in [-0.39, 0.29) is 17.3 Å². The summed E-state index contributed by atoms with van der Waals surface area (Å²) in [6.45, 7) is 0. The van der Waals surface area contributed by atoms with Gasteiger partial charge in [0.15, 0.2) is 6.29 Å². The molecule has 162 valence electrons. The largest absolute Gasteiger partial charge is 0.444 e. The van der Waals surface area contributed by atoms with Gasteiger partial charge in [-0.05, 0) is 62.6 Å². The van der Waals surface area contributed by atoms with Crippen LogP contribution in [-0.4, -0.2) is 35.2 Å². The lowest BCUT2D eigenvalue weighted by molar-refractivity contribution is 0.111. The number of carbonyl (C=O) groups excluding carboxylic acids is 1. The molecule has 0 aliphatic heterocycles. The van der Waals surface area contributed by atoms with Crippen molar-refractivity contribution >= 4 is 6.29 Å². The third kappa shape index (κ3) is 5.50. The van der Waals surface area contributed by atoms with Crippen molar-refractivity contribution in [2.24, 2.45) is 0 Å². The second-order valence-corrected chi connectivity index (χ2v) is 6.78. The van der Waals surface area contributed by atoms with Crippen LogP contribution in [0.25, 0.3) is 22.9 Å². The molecular formula is C23H18F2N4O3. The molecule has 9 heteroatoms. The average molecular weight is 436 g/mol. The summed E-state index contributed by atoms with van der Waals surface area (Å²) in [6.07, 6.45) is 3.30. The number of halogens is 2. The van der Waals surface area contributed by atoms with Crippen LogP contribution in [0.2, 0.25) is 0 Å². The van der Waals surface area contributed by atoms with E-state index in [0.29, 0.717) is 34.9 Å². The molecule has 4 aromatic rings. The van der Waals surface area contributed by atoms with Crippen LogP contribution in [0.5, 0.6) is 0 Å². The number of aromatic nitrogens is 2. The maximum atomic E-state index is 12.8. The molecule has 2 heterocycles.